The lowest BCUT2D eigenvalue weighted by Gasteiger charge is -2.19. The van der Waals surface area contributed by atoms with Crippen LogP contribution in [0.25, 0.3) is 0 Å². The van der Waals surface area contributed by atoms with E-state index in [4.69, 9.17) is 0 Å². The Labute approximate surface area is 98.5 Å². The molecular formula is C15H22O. The van der Waals surface area contributed by atoms with Crippen LogP contribution in [-0.2, 0) is 0 Å². The van der Waals surface area contributed by atoms with Crippen molar-refractivity contribution in [2.75, 3.05) is 0 Å². The minimum absolute atomic E-state index is 0.249. The highest BCUT2D eigenvalue weighted by atomic mass is 16.3. The molecule has 2 rings (SSSR count). The maximum atomic E-state index is 10.3. The van der Waals surface area contributed by atoms with E-state index in [1.165, 1.54) is 31.2 Å². The summed E-state index contributed by atoms with van der Waals surface area (Å²) in [5.74, 6) is 1.03. The second kappa shape index (κ2) is 5.01. The third-order valence-electron chi connectivity index (χ3n) is 3.77. The fraction of sp³-hybridized carbons (Fsp3) is 0.600. The molecule has 1 heteroatoms. The van der Waals surface area contributed by atoms with Gasteiger partial charge in [0.05, 0.1) is 6.10 Å². The van der Waals surface area contributed by atoms with E-state index >= 15 is 0 Å². The largest absolute Gasteiger partial charge is 0.388 e. The van der Waals surface area contributed by atoms with Gasteiger partial charge in [-0.15, -0.1) is 0 Å². The van der Waals surface area contributed by atoms with Gasteiger partial charge < -0.3 is 5.11 Å². The van der Waals surface area contributed by atoms with Crippen LogP contribution in [0.15, 0.2) is 24.3 Å². The topological polar surface area (TPSA) is 20.2 Å². The van der Waals surface area contributed by atoms with Gasteiger partial charge in [0.2, 0.25) is 0 Å². The Morgan fingerprint density at radius 1 is 1.12 bits per heavy atom. The Morgan fingerprint density at radius 3 is 2.38 bits per heavy atom. The average molecular weight is 218 g/mol. The molecule has 88 valence electrons. The number of hydrogen-bond acceptors (Lipinski definition) is 1. The molecule has 1 atom stereocenters. The summed E-state index contributed by atoms with van der Waals surface area (Å²) in [6.45, 7) is 4.39. The average Bonchev–Trinajstić information content (AvgIpc) is 2.81. The predicted octanol–water partition coefficient (Wildman–Crippen LogP) is 4.03. The molecule has 1 aromatic carbocycles. The SMILES string of the molecule is CC(C)c1cccc(C(O)C2CCCC2)c1. The molecule has 1 N–H and O–H groups in total. The van der Waals surface area contributed by atoms with Gasteiger partial charge in [-0.05, 0) is 35.8 Å². The van der Waals surface area contributed by atoms with Crippen molar-refractivity contribution in [1.82, 2.24) is 0 Å². The molecule has 1 aliphatic carbocycles. The second-order valence-electron chi connectivity index (χ2n) is 5.31. The summed E-state index contributed by atoms with van der Waals surface area (Å²) >= 11 is 0. The molecular weight excluding hydrogens is 196 g/mol. The Kier molecular flexibility index (Phi) is 3.65. The molecule has 1 saturated carbocycles. The van der Waals surface area contributed by atoms with Crippen molar-refractivity contribution >= 4 is 0 Å². The second-order valence-corrected chi connectivity index (χ2v) is 5.31. The van der Waals surface area contributed by atoms with Gasteiger partial charge in [0.1, 0.15) is 0 Å². The molecule has 1 aromatic rings. The van der Waals surface area contributed by atoms with Crippen LogP contribution in [0.1, 0.15) is 62.7 Å². The van der Waals surface area contributed by atoms with E-state index < -0.39 is 0 Å². The van der Waals surface area contributed by atoms with Crippen molar-refractivity contribution in [3.63, 3.8) is 0 Å². The van der Waals surface area contributed by atoms with Crippen LogP contribution in [-0.4, -0.2) is 5.11 Å². The first kappa shape index (κ1) is 11.7. The summed E-state index contributed by atoms with van der Waals surface area (Å²) in [7, 11) is 0. The van der Waals surface area contributed by atoms with Crippen molar-refractivity contribution < 1.29 is 5.11 Å². The van der Waals surface area contributed by atoms with Crippen molar-refractivity contribution in [3.8, 4) is 0 Å². The van der Waals surface area contributed by atoms with Crippen LogP contribution in [0.3, 0.4) is 0 Å². The molecule has 0 aromatic heterocycles. The Hall–Kier alpha value is -0.820. The first-order valence-corrected chi connectivity index (χ1v) is 6.46. The van der Waals surface area contributed by atoms with E-state index in [1.807, 2.05) is 0 Å². The van der Waals surface area contributed by atoms with Gasteiger partial charge in [-0.25, -0.2) is 0 Å². The Bertz CT molecular complexity index is 337. The summed E-state index contributed by atoms with van der Waals surface area (Å²) < 4.78 is 0. The summed E-state index contributed by atoms with van der Waals surface area (Å²) in [4.78, 5) is 0. The lowest BCUT2D eigenvalue weighted by molar-refractivity contribution is 0.111. The van der Waals surface area contributed by atoms with Gasteiger partial charge in [0.25, 0.3) is 0 Å². The zero-order valence-electron chi connectivity index (χ0n) is 10.3. The first-order chi connectivity index (χ1) is 7.68. The molecule has 0 bridgehead atoms. The predicted molar refractivity (Wildman–Crippen MR) is 67.4 cm³/mol. The molecule has 0 amide bonds. The van der Waals surface area contributed by atoms with Crippen molar-refractivity contribution in [2.45, 2.75) is 51.6 Å². The molecule has 0 saturated heterocycles. The van der Waals surface area contributed by atoms with Crippen LogP contribution in [0, 0.1) is 5.92 Å². The number of hydrogen-bond donors (Lipinski definition) is 1. The molecule has 0 heterocycles. The Balaban J connectivity index is 2.15. The van der Waals surface area contributed by atoms with Gasteiger partial charge in [0, 0.05) is 0 Å². The van der Waals surface area contributed by atoms with E-state index in [-0.39, 0.29) is 6.10 Å². The van der Waals surface area contributed by atoms with Crippen molar-refractivity contribution in [3.05, 3.63) is 35.4 Å². The van der Waals surface area contributed by atoms with E-state index in [1.54, 1.807) is 0 Å². The van der Waals surface area contributed by atoms with E-state index in [0.717, 1.165) is 5.56 Å². The minimum Gasteiger partial charge on any atom is -0.388 e. The molecule has 1 fully saturated rings. The molecule has 1 nitrogen and oxygen atoms in total. The van der Waals surface area contributed by atoms with Crippen LogP contribution < -0.4 is 0 Å². The Morgan fingerprint density at radius 2 is 1.75 bits per heavy atom. The highest BCUT2D eigenvalue weighted by Crippen LogP contribution is 2.36. The number of benzene rings is 1. The van der Waals surface area contributed by atoms with Gasteiger partial charge >= 0.3 is 0 Å². The third kappa shape index (κ3) is 2.46. The zero-order valence-corrected chi connectivity index (χ0v) is 10.3. The molecule has 16 heavy (non-hydrogen) atoms. The number of rotatable bonds is 3. The van der Waals surface area contributed by atoms with Gasteiger partial charge in [0.15, 0.2) is 0 Å². The molecule has 0 radical (unpaired) electrons. The third-order valence-corrected chi connectivity index (χ3v) is 3.77. The summed E-state index contributed by atoms with van der Waals surface area (Å²) in [5.41, 5.74) is 2.44. The number of aliphatic hydroxyl groups is 1. The van der Waals surface area contributed by atoms with Crippen molar-refractivity contribution in [2.24, 2.45) is 5.92 Å². The van der Waals surface area contributed by atoms with Crippen LogP contribution in [0.5, 0.6) is 0 Å². The number of aliphatic hydroxyl groups excluding tert-OH is 1. The fourth-order valence-corrected chi connectivity index (χ4v) is 2.65. The van der Waals surface area contributed by atoms with Gasteiger partial charge in [-0.1, -0.05) is 51.0 Å². The zero-order chi connectivity index (χ0) is 11.5. The fourth-order valence-electron chi connectivity index (χ4n) is 2.65. The molecule has 0 spiro atoms. The van der Waals surface area contributed by atoms with Crippen molar-refractivity contribution in [1.29, 1.82) is 0 Å². The summed E-state index contributed by atoms with van der Waals surface area (Å²) in [6, 6.07) is 8.46. The molecule has 0 aliphatic heterocycles. The van der Waals surface area contributed by atoms with Crippen LogP contribution in [0.2, 0.25) is 0 Å². The molecule has 1 aliphatic rings. The lowest BCUT2D eigenvalue weighted by atomic mass is 9.91. The van der Waals surface area contributed by atoms with Gasteiger partial charge in [-0.3, -0.25) is 0 Å². The van der Waals surface area contributed by atoms with E-state index in [0.29, 0.717) is 11.8 Å². The quantitative estimate of drug-likeness (QED) is 0.812. The monoisotopic (exact) mass is 218 g/mol. The smallest absolute Gasteiger partial charge is 0.0818 e. The van der Waals surface area contributed by atoms with Crippen LogP contribution in [0.4, 0.5) is 0 Å². The first-order valence-electron chi connectivity index (χ1n) is 6.46. The standard InChI is InChI=1S/C15H22O/c1-11(2)13-8-5-9-14(10-13)15(16)12-6-3-4-7-12/h5,8-12,15-16H,3-4,6-7H2,1-2H3. The maximum absolute atomic E-state index is 10.3. The summed E-state index contributed by atoms with van der Waals surface area (Å²) in [5, 5.41) is 10.3. The maximum Gasteiger partial charge on any atom is 0.0818 e. The molecule has 1 unspecified atom stereocenters. The highest BCUT2D eigenvalue weighted by Gasteiger charge is 2.24. The van der Waals surface area contributed by atoms with Gasteiger partial charge in [-0.2, -0.15) is 0 Å². The van der Waals surface area contributed by atoms with E-state index in [9.17, 15) is 5.11 Å². The summed E-state index contributed by atoms with van der Waals surface area (Å²) in [6.07, 6.45) is 4.69. The normalized spacial score (nSPS) is 19.2. The van der Waals surface area contributed by atoms with Crippen LogP contribution >= 0.6 is 0 Å². The minimum atomic E-state index is -0.249. The van der Waals surface area contributed by atoms with E-state index in [2.05, 4.69) is 38.1 Å². The lowest BCUT2D eigenvalue weighted by Crippen LogP contribution is -2.09. The highest BCUT2D eigenvalue weighted by molar-refractivity contribution is 5.27.